The molecule has 1 N–H and O–H groups in total. The standard InChI is InChI=1S/C13H14N2OSe/c1-13(2)12-11(14-7-15-12)9-5-4-8(16-3)6-10(9)17-13/h4-7H,1-3H3,(H,14,15). The molecule has 0 fully saturated rings. The number of nitrogens with zero attached hydrogens (tertiary/aromatic N) is 1. The number of imidazole rings is 1. The predicted molar refractivity (Wildman–Crippen MR) is 69.0 cm³/mol. The molecule has 0 aliphatic carbocycles. The number of hydrogen-bond acceptors (Lipinski definition) is 2. The van der Waals surface area contributed by atoms with Crippen LogP contribution in [0.15, 0.2) is 24.5 Å². The Morgan fingerprint density at radius 1 is 1.35 bits per heavy atom. The van der Waals surface area contributed by atoms with Crippen molar-refractivity contribution >= 4 is 19.4 Å². The molecule has 3 nitrogen and oxygen atoms in total. The van der Waals surface area contributed by atoms with Gasteiger partial charge in [-0.15, -0.1) is 0 Å². The second kappa shape index (κ2) is 3.62. The molecule has 0 amide bonds. The molecule has 0 radical (unpaired) electrons. The van der Waals surface area contributed by atoms with Gasteiger partial charge >= 0.3 is 107 Å². The molecule has 17 heavy (non-hydrogen) atoms. The number of hydrogen-bond donors (Lipinski definition) is 1. The Morgan fingerprint density at radius 3 is 2.94 bits per heavy atom. The summed E-state index contributed by atoms with van der Waals surface area (Å²) < 4.78 is 6.84. The number of fused-ring (bicyclic) bond motifs is 3. The zero-order chi connectivity index (χ0) is 12.0. The van der Waals surface area contributed by atoms with Crippen molar-refractivity contribution in [3.63, 3.8) is 0 Å². The number of aromatic nitrogens is 2. The first-order valence-corrected chi connectivity index (χ1v) is 7.24. The molecule has 0 bridgehead atoms. The maximum atomic E-state index is 5.30. The monoisotopic (exact) mass is 294 g/mol. The summed E-state index contributed by atoms with van der Waals surface area (Å²) in [5.74, 6) is 0.931. The van der Waals surface area contributed by atoms with Crippen molar-refractivity contribution in [3.05, 3.63) is 30.2 Å². The van der Waals surface area contributed by atoms with E-state index in [0.29, 0.717) is 15.0 Å². The average molecular weight is 293 g/mol. The van der Waals surface area contributed by atoms with Gasteiger partial charge in [0.15, 0.2) is 0 Å². The maximum absolute atomic E-state index is 5.30. The van der Waals surface area contributed by atoms with E-state index in [0.717, 1.165) is 11.4 Å². The Bertz CT molecular complexity index is 575. The number of methoxy groups -OCH3 is 1. The number of H-pyrrole nitrogens is 1. The average Bonchev–Trinajstić information content (AvgIpc) is 2.77. The first-order chi connectivity index (χ1) is 8.12. The molecular formula is C13H14N2OSe. The van der Waals surface area contributed by atoms with Gasteiger partial charge in [0.1, 0.15) is 0 Å². The molecule has 1 aliphatic heterocycles. The second-order valence-electron chi connectivity index (χ2n) is 4.60. The third-order valence-corrected chi connectivity index (χ3v) is 5.72. The van der Waals surface area contributed by atoms with Crippen molar-refractivity contribution in [1.82, 2.24) is 9.97 Å². The van der Waals surface area contributed by atoms with Gasteiger partial charge in [0.25, 0.3) is 0 Å². The fourth-order valence-corrected chi connectivity index (χ4v) is 4.83. The third kappa shape index (κ3) is 1.60. The zero-order valence-corrected chi connectivity index (χ0v) is 11.8. The van der Waals surface area contributed by atoms with E-state index in [2.05, 4.69) is 35.9 Å². The van der Waals surface area contributed by atoms with E-state index in [9.17, 15) is 0 Å². The molecule has 1 aromatic carbocycles. The van der Waals surface area contributed by atoms with E-state index in [1.807, 2.05) is 6.07 Å². The first-order valence-electron chi connectivity index (χ1n) is 5.53. The van der Waals surface area contributed by atoms with Gasteiger partial charge in [-0.2, -0.15) is 0 Å². The summed E-state index contributed by atoms with van der Waals surface area (Å²) in [6.45, 7) is 4.54. The number of rotatable bonds is 1. The fourth-order valence-electron chi connectivity index (χ4n) is 2.19. The Balaban J connectivity index is 2.23. The van der Waals surface area contributed by atoms with E-state index < -0.39 is 0 Å². The fraction of sp³-hybridized carbons (Fsp3) is 0.308. The molecule has 0 saturated carbocycles. The van der Waals surface area contributed by atoms with Gasteiger partial charge in [0, 0.05) is 0 Å². The van der Waals surface area contributed by atoms with Crippen LogP contribution in [0.4, 0.5) is 0 Å². The van der Waals surface area contributed by atoms with Crippen LogP contribution < -0.4 is 9.20 Å². The summed E-state index contributed by atoms with van der Waals surface area (Å²) in [4.78, 5) is 7.75. The van der Waals surface area contributed by atoms with Crippen molar-refractivity contribution in [1.29, 1.82) is 0 Å². The summed E-state index contributed by atoms with van der Waals surface area (Å²) in [7, 11) is 1.71. The Labute approximate surface area is 107 Å². The summed E-state index contributed by atoms with van der Waals surface area (Å²) in [5.41, 5.74) is 3.61. The molecular weight excluding hydrogens is 279 g/mol. The van der Waals surface area contributed by atoms with Crippen molar-refractivity contribution in [2.45, 2.75) is 18.2 Å². The molecule has 0 spiro atoms. The Morgan fingerprint density at radius 2 is 2.18 bits per heavy atom. The van der Waals surface area contributed by atoms with Crippen LogP contribution in [0, 0.1) is 0 Å². The van der Waals surface area contributed by atoms with E-state index in [-0.39, 0.29) is 4.31 Å². The summed E-state index contributed by atoms with van der Waals surface area (Å²) in [6.07, 6.45) is 1.79. The Kier molecular flexibility index (Phi) is 2.32. The number of ether oxygens (including phenoxy) is 1. The SMILES string of the molecule is COc1ccc2c(c1)[Se]C(C)(C)c1[nH]cnc1-2. The van der Waals surface area contributed by atoms with Gasteiger partial charge in [-0.25, -0.2) is 0 Å². The topological polar surface area (TPSA) is 37.9 Å². The van der Waals surface area contributed by atoms with Gasteiger partial charge in [-0.1, -0.05) is 0 Å². The van der Waals surface area contributed by atoms with Gasteiger partial charge in [0.2, 0.25) is 0 Å². The van der Waals surface area contributed by atoms with Crippen LogP contribution in [0.1, 0.15) is 19.5 Å². The summed E-state index contributed by atoms with van der Waals surface area (Å²) in [6, 6.07) is 6.27. The van der Waals surface area contributed by atoms with E-state index in [4.69, 9.17) is 4.74 Å². The van der Waals surface area contributed by atoms with Crippen molar-refractivity contribution in [2.24, 2.45) is 0 Å². The molecule has 1 aromatic heterocycles. The van der Waals surface area contributed by atoms with Gasteiger partial charge in [-0.3, -0.25) is 0 Å². The number of benzene rings is 1. The molecule has 88 valence electrons. The van der Waals surface area contributed by atoms with Crippen LogP contribution in [0.5, 0.6) is 5.75 Å². The Hall–Kier alpha value is -1.25. The van der Waals surface area contributed by atoms with Crippen LogP contribution in [0.25, 0.3) is 11.3 Å². The van der Waals surface area contributed by atoms with Crippen molar-refractivity contribution in [3.8, 4) is 17.0 Å². The predicted octanol–water partition coefficient (Wildman–Crippen LogP) is 1.66. The quantitative estimate of drug-likeness (QED) is 0.812. The van der Waals surface area contributed by atoms with Crippen LogP contribution >= 0.6 is 0 Å². The van der Waals surface area contributed by atoms with Gasteiger partial charge in [0.05, 0.1) is 0 Å². The van der Waals surface area contributed by atoms with Crippen LogP contribution in [0.2, 0.25) is 0 Å². The summed E-state index contributed by atoms with van der Waals surface area (Å²) >= 11 is 0.385. The van der Waals surface area contributed by atoms with Crippen molar-refractivity contribution < 1.29 is 4.74 Å². The number of nitrogens with one attached hydrogen (secondary N) is 1. The van der Waals surface area contributed by atoms with E-state index >= 15 is 0 Å². The molecule has 2 aromatic rings. The normalized spacial score (nSPS) is 16.2. The second-order valence-corrected chi connectivity index (χ2v) is 8.09. The van der Waals surface area contributed by atoms with Crippen LogP contribution in [-0.4, -0.2) is 32.0 Å². The molecule has 4 heteroatoms. The summed E-state index contributed by atoms with van der Waals surface area (Å²) in [5, 5.41) is 0. The molecule has 0 atom stereocenters. The molecule has 3 rings (SSSR count). The van der Waals surface area contributed by atoms with Gasteiger partial charge in [-0.05, 0) is 0 Å². The van der Waals surface area contributed by atoms with Crippen molar-refractivity contribution in [2.75, 3.05) is 7.11 Å². The van der Waals surface area contributed by atoms with E-state index in [1.165, 1.54) is 15.7 Å². The van der Waals surface area contributed by atoms with Crippen LogP contribution in [-0.2, 0) is 4.31 Å². The van der Waals surface area contributed by atoms with E-state index in [1.54, 1.807) is 13.4 Å². The van der Waals surface area contributed by atoms with Crippen LogP contribution in [0.3, 0.4) is 0 Å². The molecule has 2 heterocycles. The first kappa shape index (κ1) is 10.9. The number of aromatic amines is 1. The minimum atomic E-state index is 0.165. The third-order valence-electron chi connectivity index (χ3n) is 3.05. The van der Waals surface area contributed by atoms with Gasteiger partial charge < -0.3 is 0 Å². The minimum absolute atomic E-state index is 0.165. The molecule has 0 saturated heterocycles. The zero-order valence-electron chi connectivity index (χ0n) is 10.1. The molecule has 1 aliphatic rings. The molecule has 0 unspecified atom stereocenters.